The lowest BCUT2D eigenvalue weighted by Gasteiger charge is -2.36. The number of allylic oxidation sites excluding steroid dienone is 2. The van der Waals surface area contributed by atoms with E-state index >= 15 is 0 Å². The molecule has 1 aliphatic carbocycles. The maximum absolute atomic E-state index is 13.4. The molecular formula is C34H40F2N6O3. The van der Waals surface area contributed by atoms with Crippen molar-refractivity contribution in [1.82, 2.24) is 14.8 Å². The summed E-state index contributed by atoms with van der Waals surface area (Å²) in [6, 6.07) is 12.9. The second kappa shape index (κ2) is 13.6. The summed E-state index contributed by atoms with van der Waals surface area (Å²) in [6.45, 7) is 6.02. The first kappa shape index (κ1) is 31.8. The fourth-order valence-electron chi connectivity index (χ4n) is 6.18. The van der Waals surface area contributed by atoms with E-state index in [9.17, 15) is 13.6 Å². The van der Waals surface area contributed by atoms with Crippen LogP contribution in [0.3, 0.4) is 0 Å². The first-order valence-corrected chi connectivity index (χ1v) is 15.0. The van der Waals surface area contributed by atoms with E-state index in [4.69, 9.17) is 15.2 Å². The third kappa shape index (κ3) is 6.58. The number of anilines is 1. The number of rotatable bonds is 10. The monoisotopic (exact) mass is 618 g/mol. The molecule has 1 aliphatic heterocycles. The van der Waals surface area contributed by atoms with Crippen LogP contribution in [0.5, 0.6) is 11.5 Å². The Bertz CT molecular complexity index is 1680. The number of carbonyl (C=O) groups is 1. The van der Waals surface area contributed by atoms with Gasteiger partial charge in [0.25, 0.3) is 12.3 Å². The summed E-state index contributed by atoms with van der Waals surface area (Å²) in [5, 5.41) is 6.78. The molecule has 0 spiro atoms. The second-order valence-electron chi connectivity index (χ2n) is 11.3. The minimum Gasteiger partial charge on any atom is -0.496 e. The van der Waals surface area contributed by atoms with Crippen LogP contribution < -0.4 is 25.8 Å². The Balaban J connectivity index is 1.37. The van der Waals surface area contributed by atoms with Crippen molar-refractivity contribution in [3.8, 4) is 11.5 Å². The topological polar surface area (TPSA) is 106 Å². The standard InChI is InChI=1S/C34H40F2N6O3/c1-20-33(42(16-15-38-20)21(2)22-9-12-24(13-10-22)39-19-31(35)36)32(37)23-11-14-26(30(17-23)45-5)40-34(43)28-18-25-27(41(28)3)7-6-8-29(25)44-4/h6-8,11,14-18,22,24,31,39H,2,9-10,12-13,19,37H2,1,3-5H3,(H,40,43)/b33-32-. The summed E-state index contributed by atoms with van der Waals surface area (Å²) in [5.41, 5.74) is 12.1. The SMILES string of the molecule is C=C(C1CCC(NCC(F)F)CC1)N1C=CN=C(C)/C1=C(/N)c1ccc(NC(=O)c2cc3c(OC)cccc3n2C)c(OC)c1. The van der Waals surface area contributed by atoms with Crippen LogP contribution >= 0.6 is 0 Å². The zero-order chi connectivity index (χ0) is 32.2. The molecule has 0 atom stereocenters. The maximum atomic E-state index is 13.4. The highest BCUT2D eigenvalue weighted by Crippen LogP contribution is 2.37. The Morgan fingerprint density at radius 3 is 2.53 bits per heavy atom. The minimum absolute atomic E-state index is 0.0818. The molecule has 5 rings (SSSR count). The van der Waals surface area contributed by atoms with E-state index in [-0.39, 0.29) is 24.4 Å². The Morgan fingerprint density at radius 1 is 1.11 bits per heavy atom. The lowest BCUT2D eigenvalue weighted by atomic mass is 9.83. The van der Waals surface area contributed by atoms with Gasteiger partial charge in [0.15, 0.2) is 0 Å². The molecule has 2 heterocycles. The van der Waals surface area contributed by atoms with E-state index < -0.39 is 6.43 Å². The van der Waals surface area contributed by atoms with Crippen LogP contribution in [0.2, 0.25) is 0 Å². The number of alkyl halides is 2. The van der Waals surface area contributed by atoms with Gasteiger partial charge in [0.1, 0.15) is 17.2 Å². The average Bonchev–Trinajstić information content (AvgIpc) is 3.39. The van der Waals surface area contributed by atoms with Gasteiger partial charge in [0, 0.05) is 42.1 Å². The summed E-state index contributed by atoms with van der Waals surface area (Å²) in [6.07, 6.45) is 4.47. The van der Waals surface area contributed by atoms with E-state index in [2.05, 4.69) is 22.2 Å². The molecule has 2 aliphatic rings. The number of aliphatic imine (C=N–C) groups is 1. The van der Waals surface area contributed by atoms with Crippen LogP contribution in [0.15, 0.2) is 77.8 Å². The highest BCUT2D eigenvalue weighted by molar-refractivity contribution is 6.08. The highest BCUT2D eigenvalue weighted by Gasteiger charge is 2.29. The van der Waals surface area contributed by atoms with Crippen LogP contribution in [0.4, 0.5) is 14.5 Å². The maximum Gasteiger partial charge on any atom is 0.272 e. The van der Waals surface area contributed by atoms with Crippen LogP contribution in [0.25, 0.3) is 16.6 Å². The number of aromatic nitrogens is 1. The number of nitrogens with one attached hydrogen (secondary N) is 2. The van der Waals surface area contributed by atoms with Gasteiger partial charge in [-0.15, -0.1) is 0 Å². The number of methoxy groups -OCH3 is 2. The number of amides is 1. The Labute approximate surface area is 262 Å². The molecule has 1 saturated carbocycles. The Kier molecular flexibility index (Phi) is 9.57. The van der Waals surface area contributed by atoms with Gasteiger partial charge in [-0.2, -0.15) is 0 Å². The largest absolute Gasteiger partial charge is 0.496 e. The fourth-order valence-corrected chi connectivity index (χ4v) is 6.18. The van der Waals surface area contributed by atoms with Crippen molar-refractivity contribution in [3.05, 3.63) is 84.1 Å². The van der Waals surface area contributed by atoms with Gasteiger partial charge in [-0.1, -0.05) is 18.7 Å². The normalized spacial score (nSPS) is 19.4. The van der Waals surface area contributed by atoms with Crippen molar-refractivity contribution in [3.63, 3.8) is 0 Å². The second-order valence-corrected chi connectivity index (χ2v) is 11.3. The molecule has 1 amide bonds. The van der Waals surface area contributed by atoms with Gasteiger partial charge in [-0.05, 0) is 68.9 Å². The Hall–Kier alpha value is -4.64. The molecule has 11 heteroatoms. The van der Waals surface area contributed by atoms with Crippen molar-refractivity contribution in [2.24, 2.45) is 23.7 Å². The zero-order valence-corrected chi connectivity index (χ0v) is 26.1. The summed E-state index contributed by atoms with van der Waals surface area (Å²) < 4.78 is 38.3. The Morgan fingerprint density at radius 2 is 1.84 bits per heavy atom. The fraction of sp³-hybridized carbons (Fsp3) is 0.353. The predicted molar refractivity (Wildman–Crippen MR) is 175 cm³/mol. The van der Waals surface area contributed by atoms with Gasteiger partial charge < -0.3 is 35.3 Å². The third-order valence-corrected chi connectivity index (χ3v) is 8.65. The number of nitrogens with zero attached hydrogens (tertiary/aromatic N) is 3. The number of fused-ring (bicyclic) bond motifs is 1. The van der Waals surface area contributed by atoms with E-state index in [1.54, 1.807) is 31.5 Å². The van der Waals surface area contributed by atoms with Crippen LogP contribution in [0, 0.1) is 5.92 Å². The van der Waals surface area contributed by atoms with Crippen molar-refractivity contribution in [2.45, 2.75) is 45.1 Å². The lowest BCUT2D eigenvalue weighted by molar-refractivity contribution is 0.101. The van der Waals surface area contributed by atoms with E-state index in [1.807, 2.05) is 53.9 Å². The van der Waals surface area contributed by atoms with Crippen LogP contribution in [-0.4, -0.2) is 54.3 Å². The molecule has 45 heavy (non-hydrogen) atoms. The molecule has 9 nitrogen and oxygen atoms in total. The number of halogens is 2. The molecule has 0 radical (unpaired) electrons. The van der Waals surface area contributed by atoms with Crippen molar-refractivity contribution < 1.29 is 23.0 Å². The van der Waals surface area contributed by atoms with Gasteiger partial charge in [-0.3, -0.25) is 9.79 Å². The van der Waals surface area contributed by atoms with Crippen LogP contribution in [-0.2, 0) is 7.05 Å². The molecule has 1 fully saturated rings. The molecule has 0 saturated heterocycles. The van der Waals surface area contributed by atoms with Gasteiger partial charge in [-0.25, -0.2) is 8.78 Å². The number of ether oxygens (including phenoxy) is 2. The molecule has 238 valence electrons. The number of benzene rings is 2. The minimum atomic E-state index is -2.35. The highest BCUT2D eigenvalue weighted by atomic mass is 19.3. The number of aryl methyl sites for hydroxylation is 1. The quantitative estimate of drug-likeness (QED) is 0.248. The van der Waals surface area contributed by atoms with E-state index in [1.165, 1.54) is 7.11 Å². The number of nitrogens with two attached hydrogens (primary N) is 1. The summed E-state index contributed by atoms with van der Waals surface area (Å²) in [7, 11) is 4.98. The smallest absolute Gasteiger partial charge is 0.272 e. The van der Waals surface area contributed by atoms with E-state index in [0.29, 0.717) is 39.8 Å². The molecule has 2 aromatic carbocycles. The molecule has 1 aromatic heterocycles. The third-order valence-electron chi connectivity index (χ3n) is 8.65. The summed E-state index contributed by atoms with van der Waals surface area (Å²) in [5.74, 6) is 1.02. The zero-order valence-electron chi connectivity index (χ0n) is 26.1. The van der Waals surface area contributed by atoms with Gasteiger partial charge >= 0.3 is 0 Å². The number of carbonyl (C=O) groups excluding carboxylic acids is 1. The first-order valence-electron chi connectivity index (χ1n) is 15.0. The van der Waals surface area contributed by atoms with Crippen molar-refractivity contribution >= 4 is 33.9 Å². The van der Waals surface area contributed by atoms with Gasteiger partial charge in [0.05, 0.1) is 49.1 Å². The number of hydrogen-bond acceptors (Lipinski definition) is 7. The average molecular weight is 619 g/mol. The molecule has 0 bridgehead atoms. The van der Waals surface area contributed by atoms with Crippen molar-refractivity contribution in [1.29, 1.82) is 0 Å². The summed E-state index contributed by atoms with van der Waals surface area (Å²) >= 11 is 0. The molecule has 4 N–H and O–H groups in total. The lowest BCUT2D eigenvalue weighted by Crippen LogP contribution is -2.38. The van der Waals surface area contributed by atoms with Gasteiger partial charge in [0.2, 0.25) is 0 Å². The molecule has 3 aromatic rings. The summed E-state index contributed by atoms with van der Waals surface area (Å²) in [4.78, 5) is 19.9. The first-order chi connectivity index (χ1) is 21.6. The number of hydrogen-bond donors (Lipinski definition) is 3. The van der Waals surface area contributed by atoms with Crippen molar-refractivity contribution in [2.75, 3.05) is 26.1 Å². The molecular weight excluding hydrogens is 578 g/mol. The predicted octanol–water partition coefficient (Wildman–Crippen LogP) is 6.25. The van der Waals surface area contributed by atoms with Crippen LogP contribution in [0.1, 0.15) is 48.7 Å². The molecule has 0 unspecified atom stereocenters. The van der Waals surface area contributed by atoms with E-state index in [0.717, 1.165) is 48.0 Å².